The van der Waals surface area contributed by atoms with Crippen LogP contribution in [0.1, 0.15) is 35.3 Å². The molecule has 2 rings (SSSR count). The van der Waals surface area contributed by atoms with Gasteiger partial charge in [-0.05, 0) is 49.2 Å². The van der Waals surface area contributed by atoms with Gasteiger partial charge in [-0.3, -0.25) is 4.79 Å². The van der Waals surface area contributed by atoms with Crippen molar-refractivity contribution < 1.29 is 17.6 Å². The first-order valence-corrected chi connectivity index (χ1v) is 9.83. The Morgan fingerprint density at radius 1 is 1.08 bits per heavy atom. The average molecular weight is 378 g/mol. The Labute approximate surface area is 153 Å². The molecule has 0 radical (unpaired) electrons. The zero-order valence-corrected chi connectivity index (χ0v) is 16.2. The van der Waals surface area contributed by atoms with Gasteiger partial charge in [0.2, 0.25) is 10.0 Å². The smallest absolute Gasteiger partial charge is 0.255 e. The number of amides is 1. The SMILES string of the molecule is CCN(CC)S(=O)(=O)c1cc(C(=O)Nc2ccc(C)cc2F)ccc1C. The summed E-state index contributed by atoms with van der Waals surface area (Å²) >= 11 is 0. The molecule has 0 unspecified atom stereocenters. The number of sulfonamides is 1. The third-order valence-corrected chi connectivity index (χ3v) is 6.34. The van der Waals surface area contributed by atoms with E-state index in [0.717, 1.165) is 5.56 Å². The van der Waals surface area contributed by atoms with E-state index in [1.54, 1.807) is 39.8 Å². The lowest BCUT2D eigenvalue weighted by molar-refractivity contribution is 0.102. The fourth-order valence-corrected chi connectivity index (χ4v) is 4.35. The first-order chi connectivity index (χ1) is 12.2. The Kier molecular flexibility index (Phi) is 6.15. The van der Waals surface area contributed by atoms with Gasteiger partial charge in [0.05, 0.1) is 10.6 Å². The van der Waals surface area contributed by atoms with Crippen molar-refractivity contribution in [3.8, 4) is 0 Å². The summed E-state index contributed by atoms with van der Waals surface area (Å²) in [5.41, 5.74) is 1.49. The van der Waals surface area contributed by atoms with Gasteiger partial charge in [-0.25, -0.2) is 12.8 Å². The number of rotatable bonds is 6. The summed E-state index contributed by atoms with van der Waals surface area (Å²) in [4.78, 5) is 12.5. The molecule has 0 saturated heterocycles. The molecule has 0 saturated carbocycles. The van der Waals surface area contributed by atoms with E-state index in [1.165, 1.54) is 28.6 Å². The second kappa shape index (κ2) is 7.97. The number of benzene rings is 2. The monoisotopic (exact) mass is 378 g/mol. The van der Waals surface area contributed by atoms with Crippen LogP contribution in [0.2, 0.25) is 0 Å². The molecule has 0 aromatic heterocycles. The number of hydrogen-bond donors (Lipinski definition) is 1. The summed E-state index contributed by atoms with van der Waals surface area (Å²) in [7, 11) is -3.70. The topological polar surface area (TPSA) is 66.5 Å². The lowest BCUT2D eigenvalue weighted by Crippen LogP contribution is -2.31. The van der Waals surface area contributed by atoms with E-state index >= 15 is 0 Å². The molecule has 0 bridgehead atoms. The van der Waals surface area contributed by atoms with Crippen LogP contribution in [0.3, 0.4) is 0 Å². The van der Waals surface area contributed by atoms with Crippen LogP contribution in [0.5, 0.6) is 0 Å². The first-order valence-electron chi connectivity index (χ1n) is 8.39. The van der Waals surface area contributed by atoms with E-state index in [4.69, 9.17) is 0 Å². The first kappa shape index (κ1) is 20.1. The molecule has 0 atom stereocenters. The molecule has 2 aromatic rings. The second-order valence-electron chi connectivity index (χ2n) is 6.01. The van der Waals surface area contributed by atoms with Crippen molar-refractivity contribution in [2.24, 2.45) is 0 Å². The summed E-state index contributed by atoms with van der Waals surface area (Å²) in [5, 5.41) is 2.49. The van der Waals surface area contributed by atoms with E-state index < -0.39 is 21.7 Å². The van der Waals surface area contributed by atoms with Crippen molar-refractivity contribution in [2.75, 3.05) is 18.4 Å². The average Bonchev–Trinajstić information content (AvgIpc) is 2.58. The zero-order valence-electron chi connectivity index (χ0n) is 15.3. The van der Waals surface area contributed by atoms with Crippen LogP contribution in [0, 0.1) is 19.7 Å². The Bertz CT molecular complexity index is 922. The lowest BCUT2D eigenvalue weighted by atomic mass is 10.1. The van der Waals surface area contributed by atoms with Crippen molar-refractivity contribution in [2.45, 2.75) is 32.6 Å². The number of nitrogens with one attached hydrogen (secondary N) is 1. The van der Waals surface area contributed by atoms with Crippen LogP contribution in [-0.2, 0) is 10.0 Å². The lowest BCUT2D eigenvalue weighted by Gasteiger charge is -2.20. The normalized spacial score (nSPS) is 11.6. The highest BCUT2D eigenvalue weighted by Crippen LogP contribution is 2.23. The third kappa shape index (κ3) is 4.11. The Hall–Kier alpha value is -2.25. The number of carbonyl (C=O) groups excluding carboxylic acids is 1. The summed E-state index contributed by atoms with van der Waals surface area (Å²) < 4.78 is 40.8. The minimum atomic E-state index is -3.70. The van der Waals surface area contributed by atoms with E-state index in [0.29, 0.717) is 18.7 Å². The largest absolute Gasteiger partial charge is 0.319 e. The predicted octanol–water partition coefficient (Wildman–Crippen LogP) is 3.73. The minimum absolute atomic E-state index is 0.0503. The zero-order chi connectivity index (χ0) is 19.5. The Balaban J connectivity index is 2.38. The van der Waals surface area contributed by atoms with E-state index in [-0.39, 0.29) is 16.1 Å². The van der Waals surface area contributed by atoms with E-state index in [9.17, 15) is 17.6 Å². The van der Waals surface area contributed by atoms with Gasteiger partial charge in [0.15, 0.2) is 0 Å². The number of anilines is 1. The summed E-state index contributed by atoms with van der Waals surface area (Å²) in [5.74, 6) is -1.11. The number of aryl methyl sites for hydroxylation is 2. The van der Waals surface area contributed by atoms with Crippen LogP contribution in [0.15, 0.2) is 41.3 Å². The molecule has 1 amide bonds. The molecule has 0 heterocycles. The van der Waals surface area contributed by atoms with E-state index in [1.807, 2.05) is 0 Å². The van der Waals surface area contributed by atoms with Crippen LogP contribution in [0.4, 0.5) is 10.1 Å². The molecule has 0 fully saturated rings. The van der Waals surface area contributed by atoms with Gasteiger partial charge in [-0.1, -0.05) is 26.0 Å². The van der Waals surface area contributed by atoms with Crippen LogP contribution in [0.25, 0.3) is 0 Å². The van der Waals surface area contributed by atoms with Crippen molar-refractivity contribution in [1.29, 1.82) is 0 Å². The van der Waals surface area contributed by atoms with Crippen molar-refractivity contribution >= 4 is 21.6 Å². The van der Waals surface area contributed by atoms with Crippen LogP contribution < -0.4 is 5.32 Å². The maximum atomic E-state index is 13.9. The van der Waals surface area contributed by atoms with Gasteiger partial charge < -0.3 is 5.32 Å². The Morgan fingerprint density at radius 2 is 1.73 bits per heavy atom. The van der Waals surface area contributed by atoms with Crippen LogP contribution in [-0.4, -0.2) is 31.7 Å². The Morgan fingerprint density at radius 3 is 2.31 bits per heavy atom. The number of nitrogens with zero attached hydrogens (tertiary/aromatic N) is 1. The van der Waals surface area contributed by atoms with Crippen molar-refractivity contribution in [1.82, 2.24) is 4.31 Å². The van der Waals surface area contributed by atoms with Gasteiger partial charge in [0.25, 0.3) is 5.91 Å². The maximum absolute atomic E-state index is 13.9. The molecule has 0 aliphatic carbocycles. The molecule has 140 valence electrons. The number of halogens is 1. The molecule has 5 nitrogen and oxygen atoms in total. The van der Waals surface area contributed by atoms with Crippen molar-refractivity contribution in [3.05, 3.63) is 58.9 Å². The van der Waals surface area contributed by atoms with Gasteiger partial charge in [0.1, 0.15) is 5.82 Å². The highest BCUT2D eigenvalue weighted by Gasteiger charge is 2.24. The van der Waals surface area contributed by atoms with Gasteiger partial charge in [-0.15, -0.1) is 0 Å². The summed E-state index contributed by atoms with van der Waals surface area (Å²) in [6, 6.07) is 8.93. The third-order valence-electron chi connectivity index (χ3n) is 4.15. The fourth-order valence-electron chi connectivity index (χ4n) is 2.64. The van der Waals surface area contributed by atoms with E-state index in [2.05, 4.69) is 5.32 Å². The quantitative estimate of drug-likeness (QED) is 0.833. The standard InChI is InChI=1S/C19H23FN2O3S/c1-5-22(6-2)26(24,25)18-12-15(9-8-14(18)4)19(23)21-17-10-7-13(3)11-16(17)20/h7-12H,5-6H2,1-4H3,(H,21,23). The maximum Gasteiger partial charge on any atom is 0.255 e. The van der Waals surface area contributed by atoms with Gasteiger partial charge in [-0.2, -0.15) is 4.31 Å². The van der Waals surface area contributed by atoms with Gasteiger partial charge in [0, 0.05) is 18.7 Å². The fraction of sp³-hybridized carbons (Fsp3) is 0.316. The molecule has 0 spiro atoms. The molecule has 7 heteroatoms. The summed E-state index contributed by atoms with van der Waals surface area (Å²) in [6.45, 7) is 7.61. The molecular formula is C19H23FN2O3S. The molecule has 2 aromatic carbocycles. The molecule has 0 aliphatic heterocycles. The van der Waals surface area contributed by atoms with Crippen molar-refractivity contribution in [3.63, 3.8) is 0 Å². The minimum Gasteiger partial charge on any atom is -0.319 e. The van der Waals surface area contributed by atoms with Gasteiger partial charge >= 0.3 is 0 Å². The number of hydrogen-bond acceptors (Lipinski definition) is 3. The predicted molar refractivity (Wildman–Crippen MR) is 100 cm³/mol. The molecular weight excluding hydrogens is 355 g/mol. The highest BCUT2D eigenvalue weighted by atomic mass is 32.2. The highest BCUT2D eigenvalue weighted by molar-refractivity contribution is 7.89. The second-order valence-corrected chi connectivity index (χ2v) is 7.91. The molecule has 26 heavy (non-hydrogen) atoms. The number of carbonyl (C=O) groups is 1. The molecule has 1 N–H and O–H groups in total. The van der Waals surface area contributed by atoms with Crippen LogP contribution >= 0.6 is 0 Å². The molecule has 0 aliphatic rings. The summed E-state index contributed by atoms with van der Waals surface area (Å²) in [6.07, 6.45) is 0.